The van der Waals surface area contributed by atoms with Crippen LogP contribution in [0.3, 0.4) is 0 Å². The van der Waals surface area contributed by atoms with E-state index in [1.807, 2.05) is 18.2 Å². The number of amides is 1. The molecule has 1 amide bonds. The van der Waals surface area contributed by atoms with E-state index in [1.54, 1.807) is 24.3 Å². The van der Waals surface area contributed by atoms with Crippen LogP contribution in [0.25, 0.3) is 6.08 Å². The van der Waals surface area contributed by atoms with Crippen LogP contribution >= 0.6 is 11.6 Å². The molecular weight excluding hydrogens is 324 g/mol. The first-order chi connectivity index (χ1) is 11.0. The summed E-state index contributed by atoms with van der Waals surface area (Å²) in [5.41, 5.74) is 1.52. The van der Waals surface area contributed by atoms with Crippen molar-refractivity contribution in [2.45, 2.75) is 13.2 Å². The highest BCUT2D eigenvalue weighted by atomic mass is 35.5. The largest absolute Gasteiger partial charge is 0.435 e. The molecule has 2 aromatic carbocycles. The average molecular weight is 338 g/mol. The molecule has 0 aliphatic heterocycles. The Morgan fingerprint density at radius 1 is 1.17 bits per heavy atom. The van der Waals surface area contributed by atoms with Crippen LogP contribution < -0.4 is 10.1 Å². The summed E-state index contributed by atoms with van der Waals surface area (Å²) in [6.07, 6.45) is 2.94. The Balaban J connectivity index is 1.87. The second kappa shape index (κ2) is 8.29. The highest BCUT2D eigenvalue weighted by Gasteiger charge is 2.03. The summed E-state index contributed by atoms with van der Waals surface area (Å²) in [4.78, 5) is 11.7. The van der Waals surface area contributed by atoms with E-state index >= 15 is 0 Å². The SMILES string of the molecule is O=C(/C=C/c1ccc(OC(F)F)cc1)NCc1ccccc1Cl. The molecule has 2 rings (SSSR count). The van der Waals surface area contributed by atoms with Crippen molar-refractivity contribution >= 4 is 23.6 Å². The number of carbonyl (C=O) groups is 1. The molecule has 0 saturated carbocycles. The molecule has 0 aliphatic carbocycles. The molecule has 6 heteroatoms. The molecule has 0 unspecified atom stereocenters. The van der Waals surface area contributed by atoms with Gasteiger partial charge in [-0.05, 0) is 35.4 Å². The van der Waals surface area contributed by atoms with Crippen molar-refractivity contribution in [1.29, 1.82) is 0 Å². The van der Waals surface area contributed by atoms with Crippen molar-refractivity contribution in [2.24, 2.45) is 0 Å². The lowest BCUT2D eigenvalue weighted by molar-refractivity contribution is -0.116. The van der Waals surface area contributed by atoms with Gasteiger partial charge in [0.2, 0.25) is 5.91 Å². The van der Waals surface area contributed by atoms with Gasteiger partial charge in [-0.3, -0.25) is 4.79 Å². The molecule has 0 atom stereocenters. The normalized spacial score (nSPS) is 11.0. The third-order valence-electron chi connectivity index (χ3n) is 2.94. The van der Waals surface area contributed by atoms with Crippen LogP contribution in [-0.2, 0) is 11.3 Å². The molecule has 0 spiro atoms. The Bertz CT molecular complexity index is 687. The summed E-state index contributed by atoms with van der Waals surface area (Å²) in [7, 11) is 0. The molecule has 0 aliphatic rings. The number of hydrogen-bond acceptors (Lipinski definition) is 2. The van der Waals surface area contributed by atoms with Gasteiger partial charge in [-0.25, -0.2) is 0 Å². The Hall–Kier alpha value is -2.40. The Kier molecular flexibility index (Phi) is 6.11. The zero-order chi connectivity index (χ0) is 16.7. The lowest BCUT2D eigenvalue weighted by atomic mass is 10.2. The van der Waals surface area contributed by atoms with Crippen LogP contribution in [-0.4, -0.2) is 12.5 Å². The highest BCUT2D eigenvalue weighted by Crippen LogP contribution is 2.16. The number of hydrogen-bond donors (Lipinski definition) is 1. The van der Waals surface area contributed by atoms with Crippen LogP contribution in [0.4, 0.5) is 8.78 Å². The molecule has 23 heavy (non-hydrogen) atoms. The van der Waals surface area contributed by atoms with E-state index in [1.165, 1.54) is 18.2 Å². The van der Waals surface area contributed by atoms with Crippen LogP contribution in [0, 0.1) is 0 Å². The van der Waals surface area contributed by atoms with Crippen molar-refractivity contribution in [1.82, 2.24) is 5.32 Å². The maximum Gasteiger partial charge on any atom is 0.387 e. The minimum absolute atomic E-state index is 0.0697. The van der Waals surface area contributed by atoms with Gasteiger partial charge >= 0.3 is 6.61 Å². The van der Waals surface area contributed by atoms with Crippen molar-refractivity contribution in [3.05, 3.63) is 70.8 Å². The first-order valence-electron chi connectivity index (χ1n) is 6.79. The summed E-state index contributed by atoms with van der Waals surface area (Å²) in [6.45, 7) is -2.53. The predicted octanol–water partition coefficient (Wildman–Crippen LogP) is 4.27. The number of benzene rings is 2. The summed E-state index contributed by atoms with van der Waals surface area (Å²) in [5.74, 6) is -0.210. The fourth-order valence-corrected chi connectivity index (χ4v) is 2.02. The first-order valence-corrected chi connectivity index (χ1v) is 7.16. The monoisotopic (exact) mass is 337 g/mol. The molecule has 0 heterocycles. The molecule has 3 nitrogen and oxygen atoms in total. The van der Waals surface area contributed by atoms with E-state index in [-0.39, 0.29) is 11.7 Å². The molecule has 120 valence electrons. The van der Waals surface area contributed by atoms with Gasteiger partial charge in [0.15, 0.2) is 0 Å². The zero-order valence-corrected chi connectivity index (χ0v) is 12.8. The van der Waals surface area contributed by atoms with Gasteiger partial charge in [0.1, 0.15) is 5.75 Å². The minimum atomic E-state index is -2.85. The molecule has 0 bridgehead atoms. The van der Waals surface area contributed by atoms with Crippen LogP contribution in [0.5, 0.6) is 5.75 Å². The summed E-state index contributed by atoms with van der Waals surface area (Å²) in [6, 6.07) is 13.2. The molecule has 2 aromatic rings. The minimum Gasteiger partial charge on any atom is -0.435 e. The number of alkyl halides is 2. The van der Waals surface area contributed by atoms with E-state index in [0.717, 1.165) is 5.56 Å². The Labute approximate surface area is 137 Å². The van der Waals surface area contributed by atoms with Gasteiger partial charge in [-0.1, -0.05) is 41.9 Å². The van der Waals surface area contributed by atoms with Gasteiger partial charge in [0, 0.05) is 17.6 Å². The molecule has 0 aromatic heterocycles. The highest BCUT2D eigenvalue weighted by molar-refractivity contribution is 6.31. The van der Waals surface area contributed by atoms with Gasteiger partial charge < -0.3 is 10.1 Å². The smallest absolute Gasteiger partial charge is 0.387 e. The number of halogens is 3. The van der Waals surface area contributed by atoms with Crippen LogP contribution in [0.2, 0.25) is 5.02 Å². The van der Waals surface area contributed by atoms with Gasteiger partial charge in [0.25, 0.3) is 0 Å². The Morgan fingerprint density at radius 2 is 1.87 bits per heavy atom. The van der Waals surface area contributed by atoms with Crippen LogP contribution in [0.15, 0.2) is 54.6 Å². The quantitative estimate of drug-likeness (QED) is 0.799. The van der Waals surface area contributed by atoms with Gasteiger partial charge in [-0.2, -0.15) is 8.78 Å². The molecule has 0 saturated heterocycles. The molecule has 0 fully saturated rings. The van der Waals surface area contributed by atoms with Gasteiger partial charge in [0.05, 0.1) is 0 Å². The molecular formula is C17H14ClF2NO2. The fraction of sp³-hybridized carbons (Fsp3) is 0.118. The summed E-state index contributed by atoms with van der Waals surface area (Å²) >= 11 is 6.00. The van der Waals surface area contributed by atoms with E-state index in [0.29, 0.717) is 17.1 Å². The summed E-state index contributed by atoms with van der Waals surface area (Å²) < 4.78 is 28.3. The van der Waals surface area contributed by atoms with E-state index in [9.17, 15) is 13.6 Å². The molecule has 1 N–H and O–H groups in total. The maximum atomic E-state index is 12.0. The third-order valence-corrected chi connectivity index (χ3v) is 3.31. The van der Waals surface area contributed by atoms with Crippen molar-refractivity contribution < 1.29 is 18.3 Å². The second-order valence-electron chi connectivity index (χ2n) is 4.59. The fourth-order valence-electron chi connectivity index (χ4n) is 1.82. The van der Waals surface area contributed by atoms with E-state index < -0.39 is 6.61 Å². The number of carbonyl (C=O) groups excluding carboxylic acids is 1. The molecule has 0 radical (unpaired) electrons. The lowest BCUT2D eigenvalue weighted by Crippen LogP contribution is -2.20. The van der Waals surface area contributed by atoms with E-state index in [4.69, 9.17) is 11.6 Å². The first kappa shape index (κ1) is 17.0. The third kappa shape index (κ3) is 5.71. The zero-order valence-electron chi connectivity index (χ0n) is 12.0. The number of ether oxygens (including phenoxy) is 1. The summed E-state index contributed by atoms with van der Waals surface area (Å²) in [5, 5.41) is 3.30. The van der Waals surface area contributed by atoms with Gasteiger partial charge in [-0.15, -0.1) is 0 Å². The average Bonchev–Trinajstić information content (AvgIpc) is 2.53. The van der Waals surface area contributed by atoms with Crippen molar-refractivity contribution in [2.75, 3.05) is 0 Å². The second-order valence-corrected chi connectivity index (χ2v) is 5.00. The standard InChI is InChI=1S/C17H14ClF2NO2/c18-15-4-2-1-3-13(15)11-21-16(22)10-7-12-5-8-14(9-6-12)23-17(19)20/h1-10,17H,11H2,(H,21,22)/b10-7+. The van der Waals surface area contributed by atoms with Crippen molar-refractivity contribution in [3.63, 3.8) is 0 Å². The van der Waals surface area contributed by atoms with E-state index in [2.05, 4.69) is 10.1 Å². The number of rotatable bonds is 6. The lowest BCUT2D eigenvalue weighted by Gasteiger charge is -2.05. The maximum absolute atomic E-state index is 12.0. The van der Waals surface area contributed by atoms with Crippen LogP contribution in [0.1, 0.15) is 11.1 Å². The van der Waals surface area contributed by atoms with Crippen molar-refractivity contribution in [3.8, 4) is 5.75 Å². The predicted molar refractivity (Wildman–Crippen MR) is 85.4 cm³/mol. The Morgan fingerprint density at radius 3 is 2.52 bits per heavy atom. The number of nitrogens with one attached hydrogen (secondary N) is 1. The topological polar surface area (TPSA) is 38.3 Å².